The molecule has 1 saturated heterocycles. The molecule has 0 bridgehead atoms. The van der Waals surface area contributed by atoms with Gasteiger partial charge in [-0.2, -0.15) is 0 Å². The minimum absolute atomic E-state index is 0.0594. The molecule has 3 rings (SSSR count). The number of hydrogen-bond acceptors (Lipinski definition) is 4. The topological polar surface area (TPSA) is 98.7 Å². The average molecular weight is 398 g/mol. The number of amides is 2. The van der Waals surface area contributed by atoms with Crippen molar-refractivity contribution in [2.75, 3.05) is 20.3 Å². The maximum absolute atomic E-state index is 13.2. The molecule has 3 fully saturated rings. The van der Waals surface area contributed by atoms with Crippen LogP contribution in [0.2, 0.25) is 0 Å². The van der Waals surface area contributed by atoms with E-state index in [4.69, 9.17) is 16.2 Å². The van der Waals surface area contributed by atoms with Crippen LogP contribution in [-0.4, -0.2) is 55.2 Å². The molecule has 1 heterocycles. The van der Waals surface area contributed by atoms with E-state index in [0.717, 1.165) is 57.8 Å². The molecule has 0 spiro atoms. The number of nitrogens with zero attached hydrogens (tertiary/aromatic N) is 1. The second kappa shape index (κ2) is 9.53. The first kappa shape index (κ1) is 21.5. The molecule has 3 atom stereocenters. The second-order valence-corrected chi connectivity index (χ2v) is 9.03. The summed E-state index contributed by atoms with van der Waals surface area (Å²) in [6.45, 7) is 0.109. The van der Waals surface area contributed by atoms with Crippen LogP contribution in [-0.2, 0) is 14.3 Å². The van der Waals surface area contributed by atoms with Crippen molar-refractivity contribution in [1.29, 1.82) is 0 Å². The Hall–Kier alpha value is -1.21. The molecule has 160 valence electrons. The quantitative estimate of drug-likeness (QED) is 0.716. The number of primary amides is 1. The van der Waals surface area contributed by atoms with Crippen molar-refractivity contribution in [2.24, 2.45) is 35.1 Å². The number of carbonyl (C=O) groups is 2. The third-order valence-electron chi connectivity index (χ3n) is 7.58. The van der Waals surface area contributed by atoms with E-state index in [2.05, 4.69) is 0 Å². The van der Waals surface area contributed by atoms with E-state index in [1.165, 1.54) is 0 Å². The third kappa shape index (κ3) is 4.51. The van der Waals surface area contributed by atoms with Gasteiger partial charge in [0, 0.05) is 25.6 Å². The zero-order chi connectivity index (χ0) is 20.3. The maximum atomic E-state index is 13.2. The fraction of sp³-hybridized carbons (Fsp3) is 0.905. The highest BCUT2D eigenvalue weighted by Crippen LogP contribution is 2.41. The largest absolute Gasteiger partial charge is 0.381 e. The molecule has 2 amide bonds. The molecule has 0 aromatic rings. The van der Waals surface area contributed by atoms with Crippen LogP contribution >= 0.6 is 0 Å². The monoisotopic (exact) mass is 397 g/mol. The molecule has 2 saturated carbocycles. The Balaban J connectivity index is 1.61. The van der Waals surface area contributed by atoms with E-state index in [0.29, 0.717) is 18.6 Å². The summed E-state index contributed by atoms with van der Waals surface area (Å²) in [4.78, 5) is 27.2. The van der Waals surface area contributed by atoms with Crippen LogP contribution in [0.15, 0.2) is 0 Å². The summed E-state index contributed by atoms with van der Waals surface area (Å²) in [6.07, 6.45) is 8.25. The molecule has 6 nitrogen and oxygen atoms in total. The number of likely N-dealkylation sites (tertiary alicyclic amines) is 1. The number of hydrogen-bond donors (Lipinski definition) is 2. The summed E-state index contributed by atoms with van der Waals surface area (Å²) in [6, 6.07) is -0.907. The first-order valence-corrected chi connectivity index (χ1v) is 10.9. The number of ether oxygens (including phenoxy) is 1. The number of rotatable bonds is 6. The highest BCUT2D eigenvalue weighted by Gasteiger charge is 2.46. The van der Waals surface area contributed by atoms with Crippen LogP contribution in [0.4, 0.5) is 4.39 Å². The summed E-state index contributed by atoms with van der Waals surface area (Å²) in [5, 5.41) is 0. The van der Waals surface area contributed by atoms with Gasteiger partial charge in [-0.05, 0) is 75.5 Å². The molecule has 0 aromatic heterocycles. The van der Waals surface area contributed by atoms with Gasteiger partial charge >= 0.3 is 0 Å². The van der Waals surface area contributed by atoms with Crippen molar-refractivity contribution in [1.82, 2.24) is 4.90 Å². The van der Waals surface area contributed by atoms with Crippen molar-refractivity contribution in [3.8, 4) is 0 Å². The van der Waals surface area contributed by atoms with Gasteiger partial charge in [-0.3, -0.25) is 9.59 Å². The first-order valence-electron chi connectivity index (χ1n) is 10.9. The number of carbonyl (C=O) groups excluding carboxylic acids is 2. The Morgan fingerprint density at radius 3 is 2.25 bits per heavy atom. The third-order valence-corrected chi connectivity index (χ3v) is 7.58. The highest BCUT2D eigenvalue weighted by molar-refractivity contribution is 5.88. The Labute approximate surface area is 167 Å². The predicted octanol–water partition coefficient (Wildman–Crippen LogP) is 2.00. The average Bonchev–Trinajstić information content (AvgIpc) is 3.18. The van der Waals surface area contributed by atoms with E-state index in [9.17, 15) is 14.0 Å². The van der Waals surface area contributed by atoms with Gasteiger partial charge in [0.05, 0.1) is 6.10 Å². The zero-order valence-electron chi connectivity index (χ0n) is 17.0. The molecule has 0 unspecified atom stereocenters. The molecule has 4 N–H and O–H groups in total. The normalized spacial score (nSPS) is 37.6. The molecular formula is C21H36FN3O3. The van der Waals surface area contributed by atoms with Crippen LogP contribution in [0.1, 0.15) is 57.8 Å². The van der Waals surface area contributed by atoms with Gasteiger partial charge in [0.1, 0.15) is 12.7 Å². The van der Waals surface area contributed by atoms with Gasteiger partial charge in [-0.15, -0.1) is 0 Å². The van der Waals surface area contributed by atoms with Crippen molar-refractivity contribution in [3.05, 3.63) is 0 Å². The van der Waals surface area contributed by atoms with E-state index >= 15 is 0 Å². The SMILES string of the molecule is COC1CCC([C@@H]2CCN(C(=O)C3CCC([C@H](N)CF)CC3)[C@@H]2C(N)=O)CC1. The molecular weight excluding hydrogens is 361 g/mol. The highest BCUT2D eigenvalue weighted by atomic mass is 19.1. The molecule has 1 aliphatic heterocycles. The molecule has 2 aliphatic carbocycles. The van der Waals surface area contributed by atoms with E-state index < -0.39 is 18.8 Å². The van der Waals surface area contributed by atoms with Crippen molar-refractivity contribution in [2.45, 2.75) is 76.0 Å². The van der Waals surface area contributed by atoms with E-state index in [1.807, 2.05) is 0 Å². The Morgan fingerprint density at radius 1 is 1.07 bits per heavy atom. The van der Waals surface area contributed by atoms with Gasteiger partial charge < -0.3 is 21.1 Å². The predicted molar refractivity (Wildman–Crippen MR) is 105 cm³/mol. The van der Waals surface area contributed by atoms with Crippen LogP contribution in [0, 0.1) is 23.7 Å². The van der Waals surface area contributed by atoms with Crippen molar-refractivity contribution >= 4 is 11.8 Å². The summed E-state index contributed by atoms with van der Waals surface area (Å²) in [7, 11) is 1.75. The zero-order valence-corrected chi connectivity index (χ0v) is 17.0. The lowest BCUT2D eigenvalue weighted by molar-refractivity contribution is -0.143. The molecule has 0 radical (unpaired) electrons. The van der Waals surface area contributed by atoms with Gasteiger partial charge in [0.15, 0.2) is 0 Å². The maximum Gasteiger partial charge on any atom is 0.240 e. The minimum atomic E-state index is -0.508. The van der Waals surface area contributed by atoms with E-state index in [1.54, 1.807) is 12.0 Å². The first-order chi connectivity index (χ1) is 13.5. The Bertz CT molecular complexity index is 545. The fourth-order valence-electron chi connectivity index (χ4n) is 5.83. The smallest absolute Gasteiger partial charge is 0.240 e. The van der Waals surface area contributed by atoms with Crippen molar-refractivity contribution in [3.63, 3.8) is 0 Å². The van der Waals surface area contributed by atoms with Crippen molar-refractivity contribution < 1.29 is 18.7 Å². The lowest BCUT2D eigenvalue weighted by atomic mass is 9.75. The van der Waals surface area contributed by atoms with Crippen LogP contribution in [0.25, 0.3) is 0 Å². The van der Waals surface area contributed by atoms with E-state index in [-0.39, 0.29) is 29.6 Å². The summed E-state index contributed by atoms with van der Waals surface area (Å²) in [5.74, 6) is 0.341. The van der Waals surface area contributed by atoms with Crippen LogP contribution < -0.4 is 11.5 Å². The number of alkyl halides is 1. The number of halogens is 1. The second-order valence-electron chi connectivity index (χ2n) is 9.03. The fourth-order valence-corrected chi connectivity index (χ4v) is 5.83. The molecule has 3 aliphatic rings. The Morgan fingerprint density at radius 2 is 1.71 bits per heavy atom. The van der Waals surface area contributed by atoms with Gasteiger partial charge in [0.2, 0.25) is 11.8 Å². The van der Waals surface area contributed by atoms with Gasteiger partial charge in [-0.1, -0.05) is 0 Å². The number of methoxy groups -OCH3 is 1. The molecule has 7 heteroatoms. The van der Waals surface area contributed by atoms with Crippen LogP contribution in [0.5, 0.6) is 0 Å². The molecule has 0 aromatic carbocycles. The summed E-state index contributed by atoms with van der Waals surface area (Å²) < 4.78 is 18.3. The van der Waals surface area contributed by atoms with Crippen LogP contribution in [0.3, 0.4) is 0 Å². The lowest BCUT2D eigenvalue weighted by Crippen LogP contribution is -2.50. The number of nitrogens with two attached hydrogens (primary N) is 2. The lowest BCUT2D eigenvalue weighted by Gasteiger charge is -2.37. The molecule has 28 heavy (non-hydrogen) atoms. The summed E-state index contributed by atoms with van der Waals surface area (Å²) in [5.41, 5.74) is 11.6. The Kier molecular flexibility index (Phi) is 7.31. The standard InChI is InChI=1S/C21H36FN3O3/c1-28-16-8-6-13(7-9-16)17-10-11-25(19(17)20(24)26)21(27)15-4-2-14(3-5-15)18(23)12-22/h13-19H,2-12,23H2,1H3,(H2,24,26)/t13?,14?,15?,16?,17-,18+,19-/m0/s1. The van der Waals surface area contributed by atoms with Gasteiger partial charge in [-0.25, -0.2) is 4.39 Å². The minimum Gasteiger partial charge on any atom is -0.381 e. The van der Waals surface area contributed by atoms with Gasteiger partial charge in [0.25, 0.3) is 0 Å². The summed E-state index contributed by atoms with van der Waals surface area (Å²) >= 11 is 0.